The van der Waals surface area contributed by atoms with Gasteiger partial charge >= 0.3 is 0 Å². The van der Waals surface area contributed by atoms with Gasteiger partial charge < -0.3 is 4.98 Å². The van der Waals surface area contributed by atoms with Crippen LogP contribution in [-0.2, 0) is 0 Å². The number of fused-ring (bicyclic) bond motifs is 1. The molecule has 1 N–H and O–H groups in total. The second-order valence-corrected chi connectivity index (χ2v) is 2.55. The Bertz CT molecular complexity index is 539. The first kappa shape index (κ1) is 7.33. The summed E-state index contributed by atoms with van der Waals surface area (Å²) >= 11 is 0. The highest BCUT2D eigenvalue weighted by Gasteiger charge is 2.04. The molecule has 0 amide bonds. The van der Waals surface area contributed by atoms with Crippen molar-refractivity contribution in [3.05, 3.63) is 29.6 Å². The van der Waals surface area contributed by atoms with E-state index >= 15 is 0 Å². The number of nitrogens with zero attached hydrogens (tertiary/aromatic N) is 3. The van der Waals surface area contributed by atoms with Gasteiger partial charge in [0.15, 0.2) is 0 Å². The summed E-state index contributed by atoms with van der Waals surface area (Å²) in [5, 5.41) is 17.4. The van der Waals surface area contributed by atoms with Crippen molar-refractivity contribution in [3.63, 3.8) is 0 Å². The van der Waals surface area contributed by atoms with Crippen LogP contribution >= 0.6 is 0 Å². The fourth-order valence-corrected chi connectivity index (χ4v) is 1.20. The third-order valence-corrected chi connectivity index (χ3v) is 1.77. The molecule has 60 valence electrons. The van der Waals surface area contributed by atoms with Gasteiger partial charge in [0.25, 0.3) is 0 Å². The Hall–Kier alpha value is -2.33. The van der Waals surface area contributed by atoms with E-state index in [4.69, 9.17) is 10.5 Å². The molecule has 1 aromatic heterocycles. The van der Waals surface area contributed by atoms with E-state index in [0.29, 0.717) is 16.6 Å². The zero-order valence-corrected chi connectivity index (χ0v) is 6.57. The number of imidazole rings is 1. The maximum absolute atomic E-state index is 8.76. The minimum Gasteiger partial charge on any atom is -0.345 e. The molecular formula is C9H4N4. The number of hydrogen-bond donors (Lipinski definition) is 1. The predicted molar refractivity (Wildman–Crippen MR) is 45.5 cm³/mol. The molecule has 0 radical (unpaired) electrons. The summed E-state index contributed by atoms with van der Waals surface area (Å²) in [7, 11) is 0. The maximum Gasteiger partial charge on any atom is 0.106 e. The van der Waals surface area contributed by atoms with Gasteiger partial charge in [0.2, 0.25) is 0 Å². The van der Waals surface area contributed by atoms with E-state index in [9.17, 15) is 0 Å². The van der Waals surface area contributed by atoms with Gasteiger partial charge in [0.1, 0.15) is 11.6 Å². The Labute approximate surface area is 74.1 Å². The summed E-state index contributed by atoms with van der Waals surface area (Å²) in [4.78, 5) is 6.83. The van der Waals surface area contributed by atoms with Gasteiger partial charge in [-0.25, -0.2) is 4.98 Å². The number of aromatic amines is 1. The largest absolute Gasteiger partial charge is 0.345 e. The summed E-state index contributed by atoms with van der Waals surface area (Å²) in [5.74, 6) is 0. The van der Waals surface area contributed by atoms with Crippen LogP contribution in [0.25, 0.3) is 11.0 Å². The van der Waals surface area contributed by atoms with Crippen LogP contribution in [0.15, 0.2) is 18.5 Å². The van der Waals surface area contributed by atoms with Crippen LogP contribution in [-0.4, -0.2) is 9.97 Å². The lowest BCUT2D eigenvalue weighted by Crippen LogP contribution is -1.82. The molecule has 13 heavy (non-hydrogen) atoms. The number of rotatable bonds is 0. The molecular weight excluding hydrogens is 164 g/mol. The molecule has 0 fully saturated rings. The van der Waals surface area contributed by atoms with Crippen molar-refractivity contribution in [2.24, 2.45) is 0 Å². The van der Waals surface area contributed by atoms with Crippen LogP contribution in [0.4, 0.5) is 0 Å². The van der Waals surface area contributed by atoms with E-state index in [1.165, 1.54) is 12.4 Å². The Morgan fingerprint density at radius 3 is 2.77 bits per heavy atom. The molecule has 0 aliphatic carbocycles. The number of nitriles is 2. The molecule has 2 aromatic rings. The third-order valence-electron chi connectivity index (χ3n) is 1.77. The van der Waals surface area contributed by atoms with Crippen molar-refractivity contribution in [2.75, 3.05) is 0 Å². The fraction of sp³-hybridized carbons (Fsp3) is 0. The van der Waals surface area contributed by atoms with Crippen molar-refractivity contribution in [1.29, 1.82) is 10.5 Å². The van der Waals surface area contributed by atoms with Crippen molar-refractivity contribution in [3.8, 4) is 12.1 Å². The first-order valence-corrected chi connectivity index (χ1v) is 3.62. The van der Waals surface area contributed by atoms with Gasteiger partial charge in [-0.1, -0.05) is 0 Å². The molecule has 0 bridgehead atoms. The van der Waals surface area contributed by atoms with Crippen molar-refractivity contribution >= 4 is 11.0 Å². The van der Waals surface area contributed by atoms with E-state index in [-0.39, 0.29) is 0 Å². The molecule has 0 atom stereocenters. The Morgan fingerprint density at radius 1 is 1.23 bits per heavy atom. The summed E-state index contributed by atoms with van der Waals surface area (Å²) < 4.78 is 0. The van der Waals surface area contributed by atoms with E-state index in [0.717, 1.165) is 5.52 Å². The highest BCUT2D eigenvalue weighted by atomic mass is 14.9. The molecule has 2 rings (SSSR count). The Morgan fingerprint density at radius 2 is 2.08 bits per heavy atom. The number of hydrogen-bond acceptors (Lipinski definition) is 3. The van der Waals surface area contributed by atoms with Crippen molar-refractivity contribution < 1.29 is 0 Å². The van der Waals surface area contributed by atoms with Crippen LogP contribution in [0, 0.1) is 22.7 Å². The molecule has 1 heterocycles. The van der Waals surface area contributed by atoms with E-state index in [1.807, 2.05) is 12.1 Å². The molecule has 0 unspecified atom stereocenters. The third kappa shape index (κ3) is 1.02. The molecule has 4 nitrogen and oxygen atoms in total. The van der Waals surface area contributed by atoms with Crippen LogP contribution in [0.3, 0.4) is 0 Å². The molecule has 0 spiro atoms. The molecule has 0 aliphatic rings. The number of benzene rings is 1. The normalized spacial score (nSPS) is 9.38. The average molecular weight is 168 g/mol. The SMILES string of the molecule is N#Cc1cc(C#N)c2nc[nH]c2c1. The lowest BCUT2D eigenvalue weighted by Gasteiger charge is -1.92. The van der Waals surface area contributed by atoms with Crippen LogP contribution in [0.5, 0.6) is 0 Å². The van der Waals surface area contributed by atoms with Crippen LogP contribution in [0.2, 0.25) is 0 Å². The van der Waals surface area contributed by atoms with Gasteiger partial charge in [-0.2, -0.15) is 10.5 Å². The van der Waals surface area contributed by atoms with Gasteiger partial charge in [-0.15, -0.1) is 0 Å². The number of nitrogens with one attached hydrogen (secondary N) is 1. The number of H-pyrrole nitrogens is 1. The minimum atomic E-state index is 0.426. The number of aromatic nitrogens is 2. The Balaban J connectivity index is 2.89. The van der Waals surface area contributed by atoms with E-state index in [2.05, 4.69) is 9.97 Å². The van der Waals surface area contributed by atoms with Crippen molar-refractivity contribution in [1.82, 2.24) is 9.97 Å². The first-order chi connectivity index (χ1) is 6.35. The molecule has 0 saturated heterocycles. The van der Waals surface area contributed by atoms with E-state index in [1.54, 1.807) is 6.07 Å². The monoisotopic (exact) mass is 168 g/mol. The standard InChI is InChI=1S/C9H4N4/c10-3-6-1-7(4-11)9-8(2-6)12-5-13-9/h1-2,5H,(H,12,13). The lowest BCUT2D eigenvalue weighted by atomic mass is 10.1. The minimum absolute atomic E-state index is 0.426. The summed E-state index contributed by atoms with van der Waals surface area (Å²) in [5.41, 5.74) is 2.22. The molecule has 1 aromatic carbocycles. The lowest BCUT2D eigenvalue weighted by molar-refractivity contribution is 1.34. The highest BCUT2D eigenvalue weighted by Crippen LogP contribution is 2.16. The van der Waals surface area contributed by atoms with Gasteiger partial charge in [0.05, 0.1) is 29.0 Å². The quantitative estimate of drug-likeness (QED) is 0.644. The summed E-state index contributed by atoms with van der Waals surface area (Å²) in [6.07, 6.45) is 1.51. The summed E-state index contributed by atoms with van der Waals surface area (Å²) in [6.45, 7) is 0. The molecule has 0 saturated carbocycles. The average Bonchev–Trinajstić information content (AvgIpc) is 2.63. The van der Waals surface area contributed by atoms with E-state index < -0.39 is 0 Å². The topological polar surface area (TPSA) is 76.3 Å². The van der Waals surface area contributed by atoms with Gasteiger partial charge in [-0.05, 0) is 12.1 Å². The fourth-order valence-electron chi connectivity index (χ4n) is 1.20. The molecule has 0 aliphatic heterocycles. The van der Waals surface area contributed by atoms with Crippen LogP contribution in [0.1, 0.15) is 11.1 Å². The molecule has 4 heteroatoms. The summed E-state index contributed by atoms with van der Waals surface area (Å²) in [6, 6.07) is 7.18. The maximum atomic E-state index is 8.76. The Kier molecular flexibility index (Phi) is 1.47. The zero-order valence-electron chi connectivity index (χ0n) is 6.57. The zero-order chi connectivity index (χ0) is 9.26. The second-order valence-electron chi connectivity index (χ2n) is 2.55. The first-order valence-electron chi connectivity index (χ1n) is 3.62. The highest BCUT2D eigenvalue weighted by molar-refractivity contribution is 5.82. The smallest absolute Gasteiger partial charge is 0.106 e. The predicted octanol–water partition coefficient (Wildman–Crippen LogP) is 1.31. The van der Waals surface area contributed by atoms with Crippen LogP contribution < -0.4 is 0 Å². The van der Waals surface area contributed by atoms with Gasteiger partial charge in [-0.3, -0.25) is 0 Å². The van der Waals surface area contributed by atoms with Gasteiger partial charge in [0, 0.05) is 0 Å². The van der Waals surface area contributed by atoms with Crippen molar-refractivity contribution in [2.45, 2.75) is 0 Å². The second kappa shape index (κ2) is 2.62.